The van der Waals surface area contributed by atoms with E-state index in [4.69, 9.17) is 32.5 Å². The third-order valence-corrected chi connectivity index (χ3v) is 11.2. The highest BCUT2D eigenvalue weighted by molar-refractivity contribution is 7.62. The topological polar surface area (TPSA) is 181 Å². The highest BCUT2D eigenvalue weighted by Crippen LogP contribution is 2.52. The summed E-state index contributed by atoms with van der Waals surface area (Å²) in [5.41, 5.74) is -2.22. The molecule has 2 rings (SSSR count). The van der Waals surface area contributed by atoms with Crippen molar-refractivity contribution >= 4 is 21.9 Å². The minimum absolute atomic E-state index is 0.0179. The molecule has 0 saturated carbocycles. The van der Waals surface area contributed by atoms with Crippen LogP contribution in [0.15, 0.2) is 33.7 Å². The molecule has 0 amide bonds. The molecule has 284 valence electrons. The molecular formula is C33H56N4O11P2. The summed E-state index contributed by atoms with van der Waals surface area (Å²) in [6, 6.07) is 3.23. The van der Waals surface area contributed by atoms with Crippen LogP contribution in [0.5, 0.6) is 0 Å². The summed E-state index contributed by atoms with van der Waals surface area (Å²) in [4.78, 5) is 39.4. The largest absolute Gasteiger partial charge is 0.465 e. The summed E-state index contributed by atoms with van der Waals surface area (Å²) in [5, 5.41) is 9.18. The van der Waals surface area contributed by atoms with Crippen LogP contribution in [0.25, 0.3) is 0 Å². The Morgan fingerprint density at radius 1 is 1.14 bits per heavy atom. The Bertz CT molecular complexity index is 1450. The lowest BCUT2D eigenvalue weighted by Crippen LogP contribution is -2.41. The molecule has 0 bridgehead atoms. The molecule has 0 radical (unpaired) electrons. The van der Waals surface area contributed by atoms with Crippen molar-refractivity contribution in [3.8, 4) is 6.07 Å². The number of esters is 1. The number of carbonyl (C=O) groups is 1. The Labute approximate surface area is 297 Å². The second-order valence-electron chi connectivity index (χ2n) is 14.7. The highest BCUT2D eigenvalue weighted by atomic mass is 31.2. The molecule has 50 heavy (non-hydrogen) atoms. The maximum absolute atomic E-state index is 14.2. The van der Waals surface area contributed by atoms with Crippen molar-refractivity contribution in [1.29, 1.82) is 5.26 Å². The zero-order valence-corrected chi connectivity index (χ0v) is 33.0. The fraction of sp³-hybridized carbons (Fsp3) is 0.758. The standard InChI is InChI=1S/C33H56N4O11P2/c1-23(2)37(24(3)4)49(45-17-12-15-34)48-27-25(47-29(28(27)42-11)36-16-13-26(38)35-31(36)40)14-19-50(41,46-22-43-21-32(5,6)7)20-18-44-30(39)33(8,9)10/h13-14,16,19,23-25,27-29H,12,17-18,20-22H2,1-11H3,(H,35,38,40)/b19-14+/t25-,27?,28?,29-,49?,50?/m1/s1. The van der Waals surface area contributed by atoms with Gasteiger partial charge in [-0.1, -0.05) is 20.8 Å². The molecule has 1 aromatic rings. The van der Waals surface area contributed by atoms with Gasteiger partial charge < -0.3 is 28.0 Å². The number of rotatable bonds is 19. The Morgan fingerprint density at radius 2 is 1.80 bits per heavy atom. The van der Waals surface area contributed by atoms with Crippen LogP contribution in [-0.2, 0) is 41.9 Å². The van der Waals surface area contributed by atoms with Gasteiger partial charge in [-0.3, -0.25) is 28.2 Å². The monoisotopic (exact) mass is 746 g/mol. The molecule has 4 unspecified atom stereocenters. The van der Waals surface area contributed by atoms with Gasteiger partial charge in [0.15, 0.2) is 13.0 Å². The van der Waals surface area contributed by atoms with Crippen molar-refractivity contribution < 1.29 is 41.9 Å². The van der Waals surface area contributed by atoms with Gasteiger partial charge in [-0.05, 0) is 65.8 Å². The summed E-state index contributed by atoms with van der Waals surface area (Å²) in [7, 11) is -4.05. The van der Waals surface area contributed by atoms with Gasteiger partial charge in [0.05, 0.1) is 37.3 Å². The second-order valence-corrected chi connectivity index (χ2v) is 18.5. The normalized spacial score (nSPS) is 21.9. The number of nitrogens with zero attached hydrogens (tertiary/aromatic N) is 3. The van der Waals surface area contributed by atoms with Gasteiger partial charge in [0, 0.05) is 31.5 Å². The van der Waals surface area contributed by atoms with Gasteiger partial charge in [-0.2, -0.15) is 5.26 Å². The van der Waals surface area contributed by atoms with Gasteiger partial charge in [0.1, 0.15) is 24.9 Å². The lowest BCUT2D eigenvalue weighted by molar-refractivity contribution is -0.152. The maximum Gasteiger partial charge on any atom is 0.330 e. The van der Waals surface area contributed by atoms with Gasteiger partial charge >= 0.3 is 11.7 Å². The number of carbonyl (C=O) groups excluding carboxylic acids is 1. The fourth-order valence-corrected chi connectivity index (χ4v) is 7.94. The molecule has 17 heteroatoms. The van der Waals surface area contributed by atoms with Crippen LogP contribution in [0.3, 0.4) is 0 Å². The number of H-pyrrole nitrogens is 1. The van der Waals surface area contributed by atoms with Crippen LogP contribution in [-0.4, -0.2) is 90.5 Å². The average Bonchev–Trinajstić information content (AvgIpc) is 3.33. The van der Waals surface area contributed by atoms with E-state index in [1.54, 1.807) is 20.8 Å². The minimum atomic E-state index is -3.68. The number of hydrogen-bond donors (Lipinski definition) is 1. The third kappa shape index (κ3) is 13.7. The molecule has 1 N–H and O–H groups in total. The number of aromatic nitrogens is 2. The van der Waals surface area contributed by atoms with Crippen molar-refractivity contribution in [1.82, 2.24) is 14.2 Å². The Balaban J connectivity index is 2.56. The van der Waals surface area contributed by atoms with E-state index >= 15 is 0 Å². The van der Waals surface area contributed by atoms with Crippen molar-refractivity contribution in [3.63, 3.8) is 0 Å². The molecule has 6 atom stereocenters. The summed E-state index contributed by atoms with van der Waals surface area (Å²) >= 11 is 0. The number of hydrogen-bond acceptors (Lipinski definition) is 13. The molecule has 15 nitrogen and oxygen atoms in total. The first-order valence-electron chi connectivity index (χ1n) is 16.7. The van der Waals surface area contributed by atoms with Crippen LogP contribution in [0.2, 0.25) is 0 Å². The number of ether oxygens (including phenoxy) is 4. The fourth-order valence-electron chi connectivity index (χ4n) is 4.79. The third-order valence-electron chi connectivity index (χ3n) is 7.14. The zero-order chi connectivity index (χ0) is 37.9. The molecule has 0 aromatic carbocycles. The molecular weight excluding hydrogens is 690 g/mol. The quantitative estimate of drug-likeness (QED) is 0.0809. The molecule has 2 heterocycles. The van der Waals surface area contributed by atoms with Crippen molar-refractivity contribution in [3.05, 3.63) is 45.0 Å². The predicted molar refractivity (Wildman–Crippen MR) is 190 cm³/mol. The van der Waals surface area contributed by atoms with E-state index in [0.29, 0.717) is 6.61 Å². The zero-order valence-electron chi connectivity index (χ0n) is 31.2. The van der Waals surface area contributed by atoms with Crippen molar-refractivity contribution in [2.24, 2.45) is 10.8 Å². The van der Waals surface area contributed by atoms with Gasteiger partial charge in [0.2, 0.25) is 7.37 Å². The average molecular weight is 747 g/mol. The lowest BCUT2D eigenvalue weighted by atomic mass is 9.97. The SMILES string of the molecule is COC1C(OP(OCCC#N)N(C(C)C)C(C)C)[C@@H](/C=C/P(=O)(CCOC(=O)C(C)(C)C)OCOCC(C)(C)C)O[C@H]1n1ccc(=O)[nH]c1=O. The summed E-state index contributed by atoms with van der Waals surface area (Å²) in [6.07, 6.45) is -1.09. The molecule has 0 aliphatic carbocycles. The number of methoxy groups -OCH3 is 1. The molecule has 1 aliphatic heterocycles. The molecule has 1 saturated heterocycles. The van der Waals surface area contributed by atoms with Crippen LogP contribution < -0.4 is 11.2 Å². The van der Waals surface area contributed by atoms with Crippen LogP contribution >= 0.6 is 15.9 Å². The van der Waals surface area contributed by atoms with E-state index in [0.717, 1.165) is 0 Å². The smallest absolute Gasteiger partial charge is 0.330 e. The molecule has 1 fully saturated rings. The van der Waals surface area contributed by atoms with Crippen LogP contribution in [0, 0.1) is 22.2 Å². The predicted octanol–water partition coefficient (Wildman–Crippen LogP) is 5.53. The van der Waals surface area contributed by atoms with Crippen molar-refractivity contribution in [2.45, 2.75) is 112 Å². The Kier molecular flexibility index (Phi) is 17.2. The Morgan fingerprint density at radius 3 is 2.34 bits per heavy atom. The Hall–Kier alpha value is -2.24. The van der Waals surface area contributed by atoms with Crippen molar-refractivity contribution in [2.75, 3.05) is 39.9 Å². The summed E-state index contributed by atoms with van der Waals surface area (Å²) < 4.78 is 59.4. The van der Waals surface area contributed by atoms with E-state index in [-0.39, 0.29) is 50.1 Å². The first-order chi connectivity index (χ1) is 23.2. The number of nitriles is 1. The summed E-state index contributed by atoms with van der Waals surface area (Å²) in [6.45, 7) is 19.1. The van der Waals surface area contributed by atoms with Gasteiger partial charge in [0.25, 0.3) is 14.1 Å². The summed E-state index contributed by atoms with van der Waals surface area (Å²) in [5.74, 6) is 0.914. The van der Waals surface area contributed by atoms with E-state index in [9.17, 15) is 24.2 Å². The lowest BCUT2D eigenvalue weighted by Gasteiger charge is -2.38. The second kappa shape index (κ2) is 19.6. The number of aromatic amines is 1. The van der Waals surface area contributed by atoms with E-state index in [2.05, 4.69) is 11.1 Å². The van der Waals surface area contributed by atoms with Gasteiger partial charge in [-0.15, -0.1) is 0 Å². The first kappa shape index (κ1) is 43.9. The van der Waals surface area contributed by atoms with E-state index < -0.39 is 63.1 Å². The molecule has 0 spiro atoms. The molecule has 1 aliphatic rings. The minimum Gasteiger partial charge on any atom is -0.465 e. The highest BCUT2D eigenvalue weighted by Gasteiger charge is 2.49. The van der Waals surface area contributed by atoms with Crippen LogP contribution in [0.1, 0.15) is 81.9 Å². The maximum atomic E-state index is 14.2. The first-order valence-corrected chi connectivity index (χ1v) is 19.7. The molecule has 1 aromatic heterocycles. The van der Waals surface area contributed by atoms with Crippen LogP contribution in [0.4, 0.5) is 0 Å². The van der Waals surface area contributed by atoms with E-state index in [1.807, 2.05) is 53.1 Å². The van der Waals surface area contributed by atoms with E-state index in [1.165, 1.54) is 35.8 Å². The van der Waals surface area contributed by atoms with Gasteiger partial charge in [-0.25, -0.2) is 9.46 Å². The number of nitrogens with one attached hydrogen (secondary N) is 1.